The number of hydrogen-bond donors (Lipinski definition) is 0. The third kappa shape index (κ3) is 14.8. The Balaban J connectivity index is 0.000000267. The largest absolute Gasteiger partial charge is 0.298 e. The van der Waals surface area contributed by atoms with Crippen molar-refractivity contribution in [1.29, 1.82) is 0 Å². The predicted molar refractivity (Wildman–Crippen MR) is 190 cm³/mol. The summed E-state index contributed by atoms with van der Waals surface area (Å²) in [7, 11) is 0. The Hall–Kier alpha value is -0.120. The molecule has 3 nitrogen and oxygen atoms in total. The van der Waals surface area contributed by atoms with Crippen LogP contribution in [0.25, 0.3) is 0 Å². The lowest BCUT2D eigenvalue weighted by molar-refractivity contribution is -0.0785. The summed E-state index contributed by atoms with van der Waals surface area (Å²) >= 11 is 0. The molecular formula is C39H81N3. The van der Waals surface area contributed by atoms with E-state index in [4.69, 9.17) is 0 Å². The molecule has 7 fully saturated rings. The van der Waals surface area contributed by atoms with Gasteiger partial charge in [-0.3, -0.25) is 14.7 Å². The predicted octanol–water partition coefficient (Wildman–Crippen LogP) is 10.6. The summed E-state index contributed by atoms with van der Waals surface area (Å²) in [5.41, 5.74) is 0. The Kier molecular flexibility index (Phi) is 19.1. The molecule has 4 saturated heterocycles. The Morgan fingerprint density at radius 3 is 0.929 bits per heavy atom. The van der Waals surface area contributed by atoms with Crippen LogP contribution >= 0.6 is 0 Å². The van der Waals surface area contributed by atoms with E-state index in [9.17, 15) is 0 Å². The molecule has 252 valence electrons. The fraction of sp³-hybridized carbons (Fsp3) is 1.00. The first-order valence-corrected chi connectivity index (χ1v) is 18.8. The van der Waals surface area contributed by atoms with Gasteiger partial charge in [0.15, 0.2) is 0 Å². The molecule has 0 N–H and O–H groups in total. The standard InChI is InChI=1S/C10H19N.C9H17N.C8H15N.3C4H10/c1-8(2)11-7-9-3-5-10(11)6-4-9;1-7(2)10-6-8-3-4-9(10)5-8;1-6(2)9-5-7-3-4-8(7)9;3*1-4(2)3/h8-10H,3-7H2,1-2H3;7-9H,3-6H2,1-2H3;6-8H,3-5H2,1-2H3;3*4H,1-3H3. The molecule has 4 aliphatic heterocycles. The molecule has 3 heteroatoms. The number of hydrogen-bond acceptors (Lipinski definition) is 3. The van der Waals surface area contributed by atoms with Gasteiger partial charge in [-0.1, -0.05) is 62.3 Å². The molecule has 0 radical (unpaired) electrons. The average Bonchev–Trinajstić information content (AvgIpc) is 3.50. The first kappa shape index (κ1) is 39.9. The molecule has 4 unspecified atom stereocenters. The van der Waals surface area contributed by atoms with Crippen LogP contribution < -0.4 is 0 Å². The van der Waals surface area contributed by atoms with Crippen LogP contribution in [0.4, 0.5) is 0 Å². The van der Waals surface area contributed by atoms with Gasteiger partial charge in [-0.05, 0) is 135 Å². The molecule has 4 bridgehead atoms. The molecule has 7 rings (SSSR count). The lowest BCUT2D eigenvalue weighted by atomic mass is 9.70. The molecule has 0 aromatic rings. The second kappa shape index (κ2) is 20.1. The molecule has 42 heavy (non-hydrogen) atoms. The molecule has 0 amide bonds. The van der Waals surface area contributed by atoms with Gasteiger partial charge in [0.2, 0.25) is 0 Å². The smallest absolute Gasteiger partial charge is 0.0139 e. The first-order chi connectivity index (χ1) is 19.5. The lowest BCUT2D eigenvalue weighted by Gasteiger charge is -2.57. The van der Waals surface area contributed by atoms with E-state index in [-0.39, 0.29) is 0 Å². The second-order valence-corrected chi connectivity index (χ2v) is 17.5. The highest BCUT2D eigenvalue weighted by atomic mass is 15.3. The fourth-order valence-corrected chi connectivity index (χ4v) is 7.40. The minimum Gasteiger partial charge on any atom is -0.298 e. The fourth-order valence-electron chi connectivity index (χ4n) is 7.40. The SMILES string of the molecule is CC(C)C.CC(C)C.CC(C)C.CC(C)N1CC2CCC1C2.CC(C)N1CC2CCC1CC2.CC(C)N1CC2CCC21. The molecule has 0 spiro atoms. The van der Waals surface area contributed by atoms with Crippen molar-refractivity contribution in [3.63, 3.8) is 0 Å². The maximum absolute atomic E-state index is 2.71. The van der Waals surface area contributed by atoms with Gasteiger partial charge in [0.1, 0.15) is 0 Å². The summed E-state index contributed by atoms with van der Waals surface area (Å²) in [4.78, 5) is 8.00. The zero-order valence-corrected chi connectivity index (χ0v) is 31.8. The van der Waals surface area contributed by atoms with Crippen molar-refractivity contribution in [3.8, 4) is 0 Å². The Labute approximate surface area is 267 Å². The van der Waals surface area contributed by atoms with Gasteiger partial charge in [-0.15, -0.1) is 0 Å². The van der Waals surface area contributed by atoms with E-state index in [0.29, 0.717) is 0 Å². The van der Waals surface area contributed by atoms with Crippen molar-refractivity contribution >= 4 is 0 Å². The number of likely N-dealkylation sites (tertiary alicyclic amines) is 2. The average molecular weight is 592 g/mol. The highest BCUT2D eigenvalue weighted by Gasteiger charge is 2.46. The van der Waals surface area contributed by atoms with Crippen molar-refractivity contribution in [3.05, 3.63) is 0 Å². The van der Waals surface area contributed by atoms with E-state index in [1.54, 1.807) is 0 Å². The summed E-state index contributed by atoms with van der Waals surface area (Å²) < 4.78 is 0. The van der Waals surface area contributed by atoms with E-state index < -0.39 is 0 Å². The number of piperidine rings is 4. The summed E-state index contributed by atoms with van der Waals surface area (Å²) in [5, 5.41) is 0. The topological polar surface area (TPSA) is 9.72 Å². The van der Waals surface area contributed by atoms with E-state index >= 15 is 0 Å². The molecule has 4 heterocycles. The third-order valence-corrected chi connectivity index (χ3v) is 9.44. The van der Waals surface area contributed by atoms with Gasteiger partial charge in [0.25, 0.3) is 0 Å². The molecular weight excluding hydrogens is 510 g/mol. The minimum absolute atomic E-state index is 0.781. The van der Waals surface area contributed by atoms with Gasteiger partial charge in [0, 0.05) is 55.9 Å². The number of fused-ring (bicyclic) bond motifs is 6. The summed E-state index contributed by atoms with van der Waals surface area (Å²) in [6.45, 7) is 37.6. The summed E-state index contributed by atoms with van der Waals surface area (Å²) in [6.07, 6.45) is 13.4. The Morgan fingerprint density at radius 1 is 0.381 bits per heavy atom. The van der Waals surface area contributed by atoms with Gasteiger partial charge in [-0.2, -0.15) is 0 Å². The number of rotatable bonds is 3. The van der Waals surface area contributed by atoms with Gasteiger partial charge in [0.05, 0.1) is 0 Å². The summed E-state index contributed by atoms with van der Waals surface area (Å²) in [5.74, 6) is 5.71. The molecule has 0 aromatic heterocycles. The van der Waals surface area contributed by atoms with E-state index in [2.05, 4.69) is 119 Å². The Bertz CT molecular complexity index is 638. The molecule has 3 aliphatic carbocycles. The van der Waals surface area contributed by atoms with Crippen LogP contribution in [0.5, 0.6) is 0 Å². The van der Waals surface area contributed by atoms with Crippen LogP contribution in [0.15, 0.2) is 0 Å². The van der Waals surface area contributed by atoms with E-state index in [0.717, 1.165) is 71.8 Å². The van der Waals surface area contributed by atoms with Crippen molar-refractivity contribution < 1.29 is 0 Å². The monoisotopic (exact) mass is 592 g/mol. The highest BCUT2D eigenvalue weighted by molar-refractivity contribution is 5.00. The molecule has 4 atom stereocenters. The quantitative estimate of drug-likeness (QED) is 0.323. The van der Waals surface area contributed by atoms with Crippen molar-refractivity contribution in [2.45, 2.75) is 198 Å². The maximum Gasteiger partial charge on any atom is 0.0139 e. The highest BCUT2D eigenvalue weighted by Crippen LogP contribution is 2.42. The van der Waals surface area contributed by atoms with Crippen molar-refractivity contribution in [2.24, 2.45) is 35.5 Å². The second-order valence-electron chi connectivity index (χ2n) is 17.5. The minimum atomic E-state index is 0.781. The zero-order valence-electron chi connectivity index (χ0n) is 31.8. The Morgan fingerprint density at radius 2 is 0.762 bits per heavy atom. The molecule has 3 saturated carbocycles. The maximum atomic E-state index is 2.71. The normalized spacial score (nSPS) is 31.1. The lowest BCUT2D eigenvalue weighted by Crippen LogP contribution is -2.64. The van der Waals surface area contributed by atoms with Crippen LogP contribution in [-0.4, -0.2) is 70.6 Å². The van der Waals surface area contributed by atoms with Crippen LogP contribution in [0.1, 0.15) is 162 Å². The van der Waals surface area contributed by atoms with Crippen molar-refractivity contribution in [1.82, 2.24) is 14.7 Å². The number of nitrogens with zero attached hydrogens (tertiary/aromatic N) is 3. The zero-order chi connectivity index (χ0) is 32.1. The molecule has 7 aliphatic rings. The van der Waals surface area contributed by atoms with Gasteiger partial charge < -0.3 is 0 Å². The van der Waals surface area contributed by atoms with Crippen LogP contribution in [0.3, 0.4) is 0 Å². The van der Waals surface area contributed by atoms with Crippen LogP contribution in [0.2, 0.25) is 0 Å². The summed E-state index contributed by atoms with van der Waals surface area (Å²) in [6, 6.07) is 5.28. The van der Waals surface area contributed by atoms with E-state index in [1.807, 2.05) is 0 Å². The van der Waals surface area contributed by atoms with Crippen molar-refractivity contribution in [2.75, 3.05) is 19.6 Å². The van der Waals surface area contributed by atoms with E-state index in [1.165, 1.54) is 77.4 Å². The third-order valence-electron chi connectivity index (χ3n) is 9.44. The van der Waals surface area contributed by atoms with Crippen LogP contribution in [-0.2, 0) is 0 Å². The van der Waals surface area contributed by atoms with Gasteiger partial charge >= 0.3 is 0 Å². The first-order valence-electron chi connectivity index (χ1n) is 18.8. The van der Waals surface area contributed by atoms with Crippen LogP contribution in [0, 0.1) is 35.5 Å². The molecule has 0 aromatic carbocycles. The van der Waals surface area contributed by atoms with Gasteiger partial charge in [-0.25, -0.2) is 0 Å².